The molecule has 0 bridgehead atoms. The first-order valence-electron chi connectivity index (χ1n) is 4.11. The van der Waals surface area contributed by atoms with Gasteiger partial charge in [0.2, 0.25) is 0 Å². The van der Waals surface area contributed by atoms with Crippen LogP contribution in [-0.4, -0.2) is 18.1 Å². The SMILES string of the molecule is Cc1oc(Br)nc1C1CCNC1. The summed E-state index contributed by atoms with van der Waals surface area (Å²) in [6.07, 6.45) is 1.17. The number of hydrogen-bond acceptors (Lipinski definition) is 3. The van der Waals surface area contributed by atoms with Crippen molar-refractivity contribution in [2.24, 2.45) is 0 Å². The summed E-state index contributed by atoms with van der Waals surface area (Å²) in [5.41, 5.74) is 1.10. The average Bonchev–Trinajstić information content (AvgIpc) is 2.58. The monoisotopic (exact) mass is 230 g/mol. The van der Waals surface area contributed by atoms with E-state index in [4.69, 9.17) is 4.42 Å². The quantitative estimate of drug-likeness (QED) is 0.801. The van der Waals surface area contributed by atoms with Crippen LogP contribution in [0.1, 0.15) is 23.8 Å². The second-order valence-electron chi connectivity index (χ2n) is 3.10. The minimum atomic E-state index is 0.542. The first-order chi connectivity index (χ1) is 5.77. The van der Waals surface area contributed by atoms with Crippen molar-refractivity contribution < 1.29 is 4.42 Å². The summed E-state index contributed by atoms with van der Waals surface area (Å²) in [6.45, 7) is 4.08. The molecule has 0 saturated carbocycles. The molecule has 1 atom stereocenters. The molecule has 2 rings (SSSR count). The highest BCUT2D eigenvalue weighted by atomic mass is 79.9. The minimum Gasteiger partial charge on any atom is -0.436 e. The summed E-state index contributed by atoms with van der Waals surface area (Å²) in [6, 6.07) is 0. The summed E-state index contributed by atoms with van der Waals surface area (Å²) in [7, 11) is 0. The van der Waals surface area contributed by atoms with Crippen LogP contribution >= 0.6 is 15.9 Å². The highest BCUT2D eigenvalue weighted by molar-refractivity contribution is 9.10. The Morgan fingerprint density at radius 1 is 1.67 bits per heavy atom. The molecule has 0 spiro atoms. The van der Waals surface area contributed by atoms with Crippen LogP contribution < -0.4 is 5.32 Å². The van der Waals surface area contributed by atoms with Gasteiger partial charge in [-0.05, 0) is 19.9 Å². The number of halogens is 1. The van der Waals surface area contributed by atoms with E-state index >= 15 is 0 Å². The second kappa shape index (κ2) is 3.18. The Morgan fingerprint density at radius 2 is 2.50 bits per heavy atom. The number of aromatic nitrogens is 1. The fraction of sp³-hybridized carbons (Fsp3) is 0.625. The Kier molecular flexibility index (Phi) is 2.19. The maximum Gasteiger partial charge on any atom is 0.264 e. The zero-order valence-corrected chi connectivity index (χ0v) is 8.52. The molecular formula is C8H11BrN2O. The lowest BCUT2D eigenvalue weighted by molar-refractivity contribution is 0.497. The number of oxazole rings is 1. The summed E-state index contributed by atoms with van der Waals surface area (Å²) < 4.78 is 5.30. The highest BCUT2D eigenvalue weighted by Gasteiger charge is 2.22. The maximum atomic E-state index is 5.30. The minimum absolute atomic E-state index is 0.542. The predicted octanol–water partition coefficient (Wildman–Crippen LogP) is 1.82. The lowest BCUT2D eigenvalue weighted by atomic mass is 10.0. The second-order valence-corrected chi connectivity index (χ2v) is 3.78. The third-order valence-corrected chi connectivity index (χ3v) is 2.59. The molecule has 0 radical (unpaired) electrons. The molecule has 0 amide bonds. The molecule has 12 heavy (non-hydrogen) atoms. The molecule has 1 fully saturated rings. The van der Waals surface area contributed by atoms with Crippen molar-refractivity contribution in [2.75, 3.05) is 13.1 Å². The van der Waals surface area contributed by atoms with Crippen LogP contribution in [0.4, 0.5) is 0 Å². The fourth-order valence-electron chi connectivity index (χ4n) is 1.64. The van der Waals surface area contributed by atoms with Crippen LogP contribution in [0.25, 0.3) is 0 Å². The van der Waals surface area contributed by atoms with Crippen molar-refractivity contribution in [2.45, 2.75) is 19.3 Å². The van der Waals surface area contributed by atoms with Crippen LogP contribution in [-0.2, 0) is 0 Å². The van der Waals surface area contributed by atoms with Crippen molar-refractivity contribution in [1.29, 1.82) is 0 Å². The third kappa shape index (κ3) is 1.41. The fourth-order valence-corrected chi connectivity index (χ4v) is 2.08. The van der Waals surface area contributed by atoms with E-state index in [1.54, 1.807) is 0 Å². The highest BCUT2D eigenvalue weighted by Crippen LogP contribution is 2.26. The summed E-state index contributed by atoms with van der Waals surface area (Å²) in [5.74, 6) is 1.48. The van der Waals surface area contributed by atoms with E-state index in [9.17, 15) is 0 Å². The van der Waals surface area contributed by atoms with Gasteiger partial charge in [0.1, 0.15) is 5.76 Å². The Labute approximate surface area is 79.7 Å². The topological polar surface area (TPSA) is 38.1 Å². The largest absolute Gasteiger partial charge is 0.436 e. The number of rotatable bonds is 1. The summed E-state index contributed by atoms with van der Waals surface area (Å²) >= 11 is 3.23. The first-order valence-corrected chi connectivity index (χ1v) is 4.90. The zero-order valence-electron chi connectivity index (χ0n) is 6.93. The Hall–Kier alpha value is -0.350. The summed E-state index contributed by atoms with van der Waals surface area (Å²) in [5, 5.41) is 3.31. The number of aryl methyl sites for hydroxylation is 1. The van der Waals surface area contributed by atoms with E-state index in [0.717, 1.165) is 24.5 Å². The number of hydrogen-bond donors (Lipinski definition) is 1. The van der Waals surface area contributed by atoms with Crippen LogP contribution in [0.5, 0.6) is 0 Å². The van der Waals surface area contributed by atoms with Crippen LogP contribution in [0.2, 0.25) is 0 Å². The Morgan fingerprint density at radius 3 is 3.00 bits per heavy atom. The van der Waals surface area contributed by atoms with Crippen LogP contribution in [0.15, 0.2) is 9.22 Å². The van der Waals surface area contributed by atoms with Gasteiger partial charge in [0, 0.05) is 28.4 Å². The predicted molar refractivity (Wildman–Crippen MR) is 49.2 cm³/mol. The van der Waals surface area contributed by atoms with E-state index in [1.165, 1.54) is 6.42 Å². The van der Waals surface area contributed by atoms with E-state index < -0.39 is 0 Å². The molecule has 1 aliphatic rings. The van der Waals surface area contributed by atoms with E-state index in [2.05, 4.69) is 26.2 Å². The van der Waals surface area contributed by atoms with Gasteiger partial charge in [-0.25, -0.2) is 4.98 Å². The Balaban J connectivity index is 2.25. The van der Waals surface area contributed by atoms with Crippen molar-refractivity contribution in [3.8, 4) is 0 Å². The summed E-state index contributed by atoms with van der Waals surface area (Å²) in [4.78, 5) is 4.90. The van der Waals surface area contributed by atoms with Crippen molar-refractivity contribution in [3.63, 3.8) is 0 Å². The maximum absolute atomic E-state index is 5.30. The lowest BCUT2D eigenvalue weighted by Crippen LogP contribution is -2.08. The van der Waals surface area contributed by atoms with Crippen molar-refractivity contribution in [3.05, 3.63) is 16.3 Å². The lowest BCUT2D eigenvalue weighted by Gasteiger charge is -2.02. The standard InChI is InChI=1S/C8H11BrN2O/c1-5-7(11-8(9)12-5)6-2-3-10-4-6/h6,10H,2-4H2,1H3. The molecule has 1 unspecified atom stereocenters. The van der Waals surface area contributed by atoms with Crippen LogP contribution in [0.3, 0.4) is 0 Å². The van der Waals surface area contributed by atoms with E-state index in [1.807, 2.05) is 6.92 Å². The number of nitrogens with one attached hydrogen (secondary N) is 1. The normalized spacial score (nSPS) is 23.3. The molecule has 1 N–H and O–H groups in total. The van der Waals surface area contributed by atoms with Gasteiger partial charge in [0.15, 0.2) is 0 Å². The molecule has 0 aromatic carbocycles. The molecule has 0 aliphatic carbocycles. The van der Waals surface area contributed by atoms with E-state index in [0.29, 0.717) is 10.7 Å². The van der Waals surface area contributed by atoms with E-state index in [-0.39, 0.29) is 0 Å². The van der Waals surface area contributed by atoms with Gasteiger partial charge in [-0.15, -0.1) is 0 Å². The zero-order chi connectivity index (χ0) is 8.55. The van der Waals surface area contributed by atoms with Gasteiger partial charge < -0.3 is 9.73 Å². The Bertz CT molecular complexity index is 279. The van der Waals surface area contributed by atoms with Gasteiger partial charge in [0.05, 0.1) is 5.69 Å². The van der Waals surface area contributed by atoms with Gasteiger partial charge >= 0.3 is 0 Å². The molecule has 3 nitrogen and oxygen atoms in total. The van der Waals surface area contributed by atoms with Gasteiger partial charge in [-0.2, -0.15) is 0 Å². The van der Waals surface area contributed by atoms with Crippen molar-refractivity contribution >= 4 is 15.9 Å². The third-order valence-electron chi connectivity index (χ3n) is 2.25. The molecule has 1 aliphatic heterocycles. The van der Waals surface area contributed by atoms with Crippen molar-refractivity contribution in [1.82, 2.24) is 10.3 Å². The molecule has 1 aromatic rings. The van der Waals surface area contributed by atoms with Crippen LogP contribution in [0, 0.1) is 6.92 Å². The molecule has 1 aromatic heterocycles. The molecular weight excluding hydrogens is 220 g/mol. The molecule has 1 saturated heterocycles. The molecule has 4 heteroatoms. The van der Waals surface area contributed by atoms with Gasteiger partial charge in [-0.1, -0.05) is 0 Å². The molecule has 66 valence electrons. The number of nitrogens with zero attached hydrogens (tertiary/aromatic N) is 1. The first kappa shape index (κ1) is 8.26. The smallest absolute Gasteiger partial charge is 0.264 e. The van der Waals surface area contributed by atoms with Gasteiger partial charge in [0.25, 0.3) is 4.80 Å². The average molecular weight is 231 g/mol. The molecule has 2 heterocycles. The van der Waals surface area contributed by atoms with Gasteiger partial charge in [-0.3, -0.25) is 0 Å².